The number of hydrogen-bond donors (Lipinski definition) is 0. The normalized spacial score (nSPS) is 11.1. The monoisotopic (exact) mass is 229 g/mol. The first-order chi connectivity index (χ1) is 8.13. The third kappa shape index (κ3) is 2.89. The second kappa shape index (κ2) is 5.77. The Balaban J connectivity index is 3.11. The summed E-state index contributed by atoms with van der Waals surface area (Å²) in [6, 6.07) is 9.62. The molecule has 0 heterocycles. The maximum atomic E-state index is 9.06. The molecule has 88 valence electrons. The van der Waals surface area contributed by atoms with Crippen LogP contribution in [0.15, 0.2) is 18.2 Å². The Morgan fingerprint density at radius 2 is 2.12 bits per heavy atom. The van der Waals surface area contributed by atoms with E-state index >= 15 is 0 Å². The van der Waals surface area contributed by atoms with Gasteiger partial charge in [-0.25, -0.2) is 0 Å². The van der Waals surface area contributed by atoms with Crippen molar-refractivity contribution in [2.24, 2.45) is 0 Å². The first kappa shape index (κ1) is 12.9. The highest BCUT2D eigenvalue weighted by molar-refractivity contribution is 5.62. The molecule has 0 radical (unpaired) electrons. The number of anilines is 1. The minimum atomic E-state index is 0.0548. The van der Waals surface area contributed by atoms with Crippen LogP contribution in [0.5, 0.6) is 5.75 Å². The summed E-state index contributed by atoms with van der Waals surface area (Å²) in [5, 5.41) is 17.8. The van der Waals surface area contributed by atoms with Gasteiger partial charge in [0.15, 0.2) is 0 Å². The molecule has 0 aliphatic heterocycles. The Hall–Kier alpha value is -2.20. The lowest BCUT2D eigenvalue weighted by Crippen LogP contribution is -2.29. The SMILES string of the molecule is COc1ccc(C#N)c(N(C)C(C)CC#N)c1. The average Bonchev–Trinajstić information content (AvgIpc) is 2.37. The topological polar surface area (TPSA) is 60.0 Å². The van der Waals surface area contributed by atoms with Crippen molar-refractivity contribution in [1.82, 2.24) is 0 Å². The third-order valence-corrected chi connectivity index (χ3v) is 2.75. The molecule has 1 rings (SSSR count). The van der Waals surface area contributed by atoms with Gasteiger partial charge in [0.05, 0.1) is 30.9 Å². The summed E-state index contributed by atoms with van der Waals surface area (Å²) < 4.78 is 5.14. The predicted octanol–water partition coefficient (Wildman–Crippen LogP) is 2.31. The van der Waals surface area contributed by atoms with Gasteiger partial charge in [0.25, 0.3) is 0 Å². The quantitative estimate of drug-likeness (QED) is 0.794. The number of rotatable bonds is 4. The fraction of sp³-hybridized carbons (Fsp3) is 0.385. The second-order valence-corrected chi connectivity index (χ2v) is 3.82. The molecule has 0 aliphatic rings. The molecule has 4 nitrogen and oxygen atoms in total. The van der Waals surface area contributed by atoms with Gasteiger partial charge < -0.3 is 9.64 Å². The van der Waals surface area contributed by atoms with E-state index in [-0.39, 0.29) is 6.04 Å². The molecule has 1 unspecified atom stereocenters. The molecule has 0 aromatic heterocycles. The van der Waals surface area contributed by atoms with Gasteiger partial charge in [-0.1, -0.05) is 0 Å². The van der Waals surface area contributed by atoms with Crippen molar-refractivity contribution >= 4 is 5.69 Å². The molecular formula is C13H15N3O. The molecule has 0 aliphatic carbocycles. The van der Waals surface area contributed by atoms with Crippen LogP contribution in [0, 0.1) is 22.7 Å². The Kier molecular flexibility index (Phi) is 4.37. The minimum Gasteiger partial charge on any atom is -0.497 e. The number of nitriles is 2. The number of hydrogen-bond acceptors (Lipinski definition) is 4. The van der Waals surface area contributed by atoms with Gasteiger partial charge in [-0.3, -0.25) is 0 Å². The van der Waals surface area contributed by atoms with Crippen LogP contribution in [0.25, 0.3) is 0 Å². The first-order valence-corrected chi connectivity index (χ1v) is 5.32. The standard InChI is InChI=1S/C13H15N3O/c1-10(6-7-14)16(2)13-8-12(17-3)5-4-11(13)9-15/h4-5,8,10H,6H2,1-3H3. The van der Waals surface area contributed by atoms with E-state index in [9.17, 15) is 0 Å². The lowest BCUT2D eigenvalue weighted by Gasteiger charge is -2.26. The van der Waals surface area contributed by atoms with E-state index in [1.165, 1.54) is 0 Å². The van der Waals surface area contributed by atoms with Crippen molar-refractivity contribution in [1.29, 1.82) is 10.5 Å². The fourth-order valence-corrected chi connectivity index (χ4v) is 1.53. The zero-order valence-electron chi connectivity index (χ0n) is 10.3. The molecule has 0 fully saturated rings. The molecule has 0 saturated heterocycles. The molecule has 0 spiro atoms. The van der Waals surface area contributed by atoms with Gasteiger partial charge in [0, 0.05) is 19.2 Å². The largest absolute Gasteiger partial charge is 0.497 e. The van der Waals surface area contributed by atoms with Gasteiger partial charge in [-0.05, 0) is 19.1 Å². The van der Waals surface area contributed by atoms with Crippen LogP contribution in [0.1, 0.15) is 18.9 Å². The minimum absolute atomic E-state index is 0.0548. The average molecular weight is 229 g/mol. The highest BCUT2D eigenvalue weighted by atomic mass is 16.5. The van der Waals surface area contributed by atoms with Crippen LogP contribution in [0.3, 0.4) is 0 Å². The molecule has 1 aromatic rings. The van der Waals surface area contributed by atoms with Gasteiger partial charge in [-0.15, -0.1) is 0 Å². The zero-order valence-corrected chi connectivity index (χ0v) is 10.3. The van der Waals surface area contributed by atoms with Crippen LogP contribution >= 0.6 is 0 Å². The Labute approximate surface area is 102 Å². The van der Waals surface area contributed by atoms with Gasteiger partial charge in [0.2, 0.25) is 0 Å². The van der Waals surface area contributed by atoms with E-state index in [0.717, 1.165) is 5.69 Å². The van der Waals surface area contributed by atoms with Gasteiger partial charge in [0.1, 0.15) is 11.8 Å². The summed E-state index contributed by atoms with van der Waals surface area (Å²) in [5.74, 6) is 0.704. The van der Waals surface area contributed by atoms with Crippen molar-refractivity contribution in [3.05, 3.63) is 23.8 Å². The summed E-state index contributed by atoms with van der Waals surface area (Å²) in [4.78, 5) is 1.92. The molecule has 0 saturated carbocycles. The third-order valence-electron chi connectivity index (χ3n) is 2.75. The number of benzene rings is 1. The van der Waals surface area contributed by atoms with Gasteiger partial charge >= 0.3 is 0 Å². The first-order valence-electron chi connectivity index (χ1n) is 5.32. The second-order valence-electron chi connectivity index (χ2n) is 3.82. The van der Waals surface area contributed by atoms with E-state index in [4.69, 9.17) is 15.3 Å². The highest BCUT2D eigenvalue weighted by Crippen LogP contribution is 2.26. The Morgan fingerprint density at radius 1 is 1.41 bits per heavy atom. The van der Waals surface area contributed by atoms with E-state index in [2.05, 4.69) is 12.1 Å². The predicted molar refractivity (Wildman–Crippen MR) is 65.8 cm³/mol. The summed E-state index contributed by atoms with van der Waals surface area (Å²) in [7, 11) is 3.46. The molecule has 1 atom stereocenters. The Bertz CT molecular complexity index is 471. The van der Waals surface area contributed by atoms with Crippen molar-refractivity contribution in [3.8, 4) is 17.9 Å². The van der Waals surface area contributed by atoms with Crippen LogP contribution in [0.2, 0.25) is 0 Å². The molecule has 0 bridgehead atoms. The van der Waals surface area contributed by atoms with Gasteiger partial charge in [-0.2, -0.15) is 10.5 Å². The molecule has 0 N–H and O–H groups in total. The molecule has 4 heteroatoms. The number of ether oxygens (including phenoxy) is 1. The lowest BCUT2D eigenvalue weighted by atomic mass is 10.1. The molecular weight excluding hydrogens is 214 g/mol. The van der Waals surface area contributed by atoms with Crippen molar-refractivity contribution in [2.75, 3.05) is 19.1 Å². The van der Waals surface area contributed by atoms with Crippen LogP contribution in [-0.4, -0.2) is 20.2 Å². The van der Waals surface area contributed by atoms with Crippen LogP contribution in [-0.2, 0) is 0 Å². The molecule has 1 aromatic carbocycles. The summed E-state index contributed by atoms with van der Waals surface area (Å²) in [5.41, 5.74) is 1.37. The Morgan fingerprint density at radius 3 is 2.65 bits per heavy atom. The van der Waals surface area contributed by atoms with Crippen molar-refractivity contribution < 1.29 is 4.74 Å². The van der Waals surface area contributed by atoms with E-state index < -0.39 is 0 Å². The number of nitrogens with zero attached hydrogens (tertiary/aromatic N) is 3. The number of methoxy groups -OCH3 is 1. The van der Waals surface area contributed by atoms with E-state index in [1.54, 1.807) is 19.2 Å². The van der Waals surface area contributed by atoms with Crippen LogP contribution < -0.4 is 9.64 Å². The zero-order chi connectivity index (χ0) is 12.8. The van der Waals surface area contributed by atoms with E-state index in [0.29, 0.717) is 17.7 Å². The molecule has 0 amide bonds. The summed E-state index contributed by atoms with van der Waals surface area (Å²) in [6.07, 6.45) is 0.415. The van der Waals surface area contributed by atoms with Crippen molar-refractivity contribution in [2.45, 2.75) is 19.4 Å². The highest BCUT2D eigenvalue weighted by Gasteiger charge is 2.14. The van der Waals surface area contributed by atoms with Crippen LogP contribution in [0.4, 0.5) is 5.69 Å². The smallest absolute Gasteiger partial charge is 0.121 e. The summed E-state index contributed by atoms with van der Waals surface area (Å²) in [6.45, 7) is 1.95. The molecule has 17 heavy (non-hydrogen) atoms. The maximum absolute atomic E-state index is 9.06. The van der Waals surface area contributed by atoms with E-state index in [1.807, 2.05) is 24.9 Å². The fourth-order valence-electron chi connectivity index (χ4n) is 1.53. The summed E-state index contributed by atoms with van der Waals surface area (Å²) >= 11 is 0. The van der Waals surface area contributed by atoms with Crippen molar-refractivity contribution in [3.63, 3.8) is 0 Å². The lowest BCUT2D eigenvalue weighted by molar-refractivity contribution is 0.414. The maximum Gasteiger partial charge on any atom is 0.121 e.